The van der Waals surface area contributed by atoms with Gasteiger partial charge in [-0.25, -0.2) is 4.98 Å². The Kier molecular flexibility index (Phi) is 2.51. The molecule has 3 heterocycles. The zero-order valence-electron chi connectivity index (χ0n) is 14.8. The van der Waals surface area contributed by atoms with E-state index in [0.29, 0.717) is 12.1 Å². The van der Waals surface area contributed by atoms with Gasteiger partial charge in [0.25, 0.3) is 5.91 Å². The van der Waals surface area contributed by atoms with Crippen molar-refractivity contribution in [3.8, 4) is 0 Å². The third-order valence-corrected chi connectivity index (χ3v) is 3.47. The summed E-state index contributed by atoms with van der Waals surface area (Å²) in [7, 11) is 0. The molecular formula is C14H15F3N2O3. The van der Waals surface area contributed by atoms with E-state index in [-0.39, 0.29) is 12.4 Å². The molecule has 0 N–H and O–H groups in total. The summed E-state index contributed by atoms with van der Waals surface area (Å²) in [5.41, 5.74) is -1.92. The Morgan fingerprint density at radius 2 is 2.14 bits per heavy atom. The zero-order valence-corrected chi connectivity index (χ0v) is 11.8. The number of rotatable bonds is 1. The minimum absolute atomic E-state index is 0.0678. The van der Waals surface area contributed by atoms with E-state index in [4.69, 9.17) is 13.6 Å². The number of pyridine rings is 1. The van der Waals surface area contributed by atoms with Gasteiger partial charge in [0.1, 0.15) is 11.9 Å². The molecule has 3 rings (SSSR count). The first-order chi connectivity index (χ1) is 11.3. The van der Waals surface area contributed by atoms with Crippen molar-refractivity contribution in [3.63, 3.8) is 0 Å². The molecule has 120 valence electrons. The standard InChI is InChI=1S/C14H15F3N2O3/c1-7-4-8(14(15,16)17)5-10(18-7)19-6-9-11(12(19)20)22-13(2,3)21-9/h4-5,9,11H,6H2,1-3H3/i1D3. The van der Waals surface area contributed by atoms with Crippen LogP contribution in [0.25, 0.3) is 0 Å². The first-order valence-corrected chi connectivity index (χ1v) is 6.55. The number of nitrogens with zero attached hydrogens (tertiary/aromatic N) is 2. The maximum Gasteiger partial charge on any atom is 0.416 e. The minimum Gasteiger partial charge on any atom is -0.342 e. The lowest BCUT2D eigenvalue weighted by Crippen LogP contribution is -2.35. The van der Waals surface area contributed by atoms with Crippen molar-refractivity contribution in [2.45, 2.75) is 44.9 Å². The van der Waals surface area contributed by atoms with E-state index in [1.807, 2.05) is 0 Å². The molecule has 0 spiro atoms. The normalized spacial score (nSPS) is 30.0. The second-order valence-corrected chi connectivity index (χ2v) is 5.64. The lowest BCUT2D eigenvalue weighted by molar-refractivity contribution is -0.157. The number of amides is 1. The van der Waals surface area contributed by atoms with Crippen LogP contribution in [0.5, 0.6) is 0 Å². The number of ether oxygens (including phenoxy) is 2. The number of hydrogen-bond donors (Lipinski definition) is 0. The van der Waals surface area contributed by atoms with Gasteiger partial charge in [-0.05, 0) is 32.8 Å². The van der Waals surface area contributed by atoms with Crippen LogP contribution in [0.4, 0.5) is 19.0 Å². The molecule has 0 bridgehead atoms. The summed E-state index contributed by atoms with van der Waals surface area (Å²) in [6.07, 6.45) is -6.39. The number of carbonyl (C=O) groups is 1. The van der Waals surface area contributed by atoms with Gasteiger partial charge in [-0.15, -0.1) is 0 Å². The van der Waals surface area contributed by atoms with Gasteiger partial charge >= 0.3 is 6.18 Å². The maximum atomic E-state index is 13.1. The van der Waals surface area contributed by atoms with E-state index in [0.717, 1.165) is 4.90 Å². The number of carbonyl (C=O) groups excluding carboxylic acids is 1. The average Bonchev–Trinajstić information content (AvgIpc) is 2.90. The van der Waals surface area contributed by atoms with Crippen molar-refractivity contribution in [3.05, 3.63) is 23.4 Å². The summed E-state index contributed by atoms with van der Waals surface area (Å²) in [6, 6.07) is 1.12. The fraction of sp³-hybridized carbons (Fsp3) is 0.571. The Morgan fingerprint density at radius 3 is 2.73 bits per heavy atom. The number of halogens is 3. The smallest absolute Gasteiger partial charge is 0.342 e. The molecule has 2 fully saturated rings. The number of fused-ring (bicyclic) bond motifs is 1. The highest BCUT2D eigenvalue weighted by Gasteiger charge is 2.53. The van der Waals surface area contributed by atoms with Crippen LogP contribution in [0.15, 0.2) is 12.1 Å². The molecule has 1 aromatic heterocycles. The Balaban J connectivity index is 1.99. The number of aromatic nitrogens is 1. The van der Waals surface area contributed by atoms with Crippen LogP contribution >= 0.6 is 0 Å². The quantitative estimate of drug-likeness (QED) is 0.797. The molecule has 1 amide bonds. The highest BCUT2D eigenvalue weighted by molar-refractivity contribution is 5.99. The van der Waals surface area contributed by atoms with Crippen LogP contribution in [0, 0.1) is 6.85 Å². The van der Waals surface area contributed by atoms with Crippen LogP contribution in [0.3, 0.4) is 0 Å². The molecule has 22 heavy (non-hydrogen) atoms. The van der Waals surface area contributed by atoms with Gasteiger partial charge in [-0.2, -0.15) is 13.2 Å². The SMILES string of the molecule is [2H]C([2H])([2H])c1cc(C(F)(F)F)cc(N2CC3OC(C)(C)OC3C2=O)n1. The molecule has 2 atom stereocenters. The van der Waals surface area contributed by atoms with E-state index in [1.54, 1.807) is 13.8 Å². The molecule has 5 nitrogen and oxygen atoms in total. The molecule has 0 saturated carbocycles. The first kappa shape index (κ1) is 11.8. The van der Waals surface area contributed by atoms with E-state index in [9.17, 15) is 18.0 Å². The number of alkyl halides is 3. The average molecular weight is 319 g/mol. The van der Waals surface area contributed by atoms with Crippen molar-refractivity contribution in [2.75, 3.05) is 11.4 Å². The Morgan fingerprint density at radius 1 is 1.41 bits per heavy atom. The Labute approximate surface area is 129 Å². The van der Waals surface area contributed by atoms with Gasteiger partial charge in [0.15, 0.2) is 11.9 Å². The molecule has 1 aromatic rings. The van der Waals surface area contributed by atoms with Crippen molar-refractivity contribution in [1.29, 1.82) is 0 Å². The Bertz CT molecular complexity index is 689. The highest BCUT2D eigenvalue weighted by atomic mass is 19.4. The number of anilines is 1. The first-order valence-electron chi connectivity index (χ1n) is 8.05. The van der Waals surface area contributed by atoms with Gasteiger partial charge in [-0.3, -0.25) is 9.69 Å². The van der Waals surface area contributed by atoms with Crippen LogP contribution < -0.4 is 4.90 Å². The topological polar surface area (TPSA) is 51.7 Å². The molecule has 0 aliphatic carbocycles. The number of hydrogen-bond acceptors (Lipinski definition) is 4. The van der Waals surface area contributed by atoms with Crippen molar-refractivity contribution >= 4 is 11.7 Å². The van der Waals surface area contributed by atoms with Gasteiger partial charge in [-0.1, -0.05) is 0 Å². The van der Waals surface area contributed by atoms with E-state index < -0.39 is 48.2 Å². The fourth-order valence-electron chi connectivity index (χ4n) is 2.63. The van der Waals surface area contributed by atoms with Crippen LogP contribution in [-0.4, -0.2) is 35.4 Å². The maximum absolute atomic E-state index is 13.1. The second kappa shape index (κ2) is 4.66. The molecule has 0 radical (unpaired) electrons. The summed E-state index contributed by atoms with van der Waals surface area (Å²) < 4.78 is 72.2. The number of aryl methyl sites for hydroxylation is 1. The lowest BCUT2D eigenvalue weighted by atomic mass is 10.2. The zero-order chi connectivity index (χ0) is 18.8. The van der Waals surface area contributed by atoms with Gasteiger partial charge in [0, 0.05) is 9.81 Å². The Hall–Kier alpha value is -1.67. The fourth-order valence-corrected chi connectivity index (χ4v) is 2.63. The predicted octanol–water partition coefficient (Wildman–Crippen LogP) is 2.28. The minimum atomic E-state index is -4.77. The molecule has 2 unspecified atom stereocenters. The van der Waals surface area contributed by atoms with Gasteiger partial charge in [0.2, 0.25) is 0 Å². The molecule has 2 saturated heterocycles. The van der Waals surface area contributed by atoms with E-state index in [2.05, 4.69) is 4.98 Å². The molecule has 0 aromatic carbocycles. The van der Waals surface area contributed by atoms with E-state index in [1.165, 1.54) is 0 Å². The summed E-state index contributed by atoms with van der Waals surface area (Å²) in [5, 5.41) is 0. The van der Waals surface area contributed by atoms with Crippen LogP contribution in [0.1, 0.15) is 29.2 Å². The molecule has 2 aliphatic rings. The van der Waals surface area contributed by atoms with Gasteiger partial charge < -0.3 is 9.47 Å². The lowest BCUT2D eigenvalue weighted by Gasteiger charge is -2.23. The van der Waals surface area contributed by atoms with E-state index >= 15 is 0 Å². The summed E-state index contributed by atoms with van der Waals surface area (Å²) in [6.45, 7) is 0.335. The van der Waals surface area contributed by atoms with Crippen LogP contribution in [-0.2, 0) is 20.4 Å². The summed E-state index contributed by atoms with van der Waals surface area (Å²) in [4.78, 5) is 17.2. The van der Waals surface area contributed by atoms with Crippen molar-refractivity contribution in [2.24, 2.45) is 0 Å². The van der Waals surface area contributed by atoms with Crippen molar-refractivity contribution in [1.82, 2.24) is 4.98 Å². The second-order valence-electron chi connectivity index (χ2n) is 5.64. The largest absolute Gasteiger partial charge is 0.416 e. The summed E-state index contributed by atoms with van der Waals surface area (Å²) >= 11 is 0. The third-order valence-electron chi connectivity index (χ3n) is 3.47. The predicted molar refractivity (Wildman–Crippen MR) is 70.2 cm³/mol. The summed E-state index contributed by atoms with van der Waals surface area (Å²) in [5.74, 6) is -1.97. The van der Waals surface area contributed by atoms with Gasteiger partial charge in [0.05, 0.1) is 12.1 Å². The molecular weight excluding hydrogens is 301 g/mol. The molecule has 8 heteroatoms. The third kappa shape index (κ3) is 2.56. The molecule has 2 aliphatic heterocycles. The highest BCUT2D eigenvalue weighted by Crippen LogP contribution is 2.37. The monoisotopic (exact) mass is 319 g/mol. The van der Waals surface area contributed by atoms with Crippen molar-refractivity contribution < 1.29 is 31.6 Å². The van der Waals surface area contributed by atoms with Crippen LogP contribution in [0.2, 0.25) is 0 Å².